The number of hydrogen-bond acceptors (Lipinski definition) is 8. The van der Waals surface area contributed by atoms with Crippen molar-refractivity contribution in [2.24, 2.45) is 10.7 Å². The number of aliphatic hydroxyl groups is 1. The second kappa shape index (κ2) is 12.7. The van der Waals surface area contributed by atoms with Crippen LogP contribution in [-0.4, -0.2) is 67.9 Å². The van der Waals surface area contributed by atoms with Gasteiger partial charge in [-0.1, -0.05) is 6.07 Å². The van der Waals surface area contributed by atoms with E-state index in [1.54, 1.807) is 0 Å². The topological polar surface area (TPSA) is 134 Å². The zero-order valence-electron chi connectivity index (χ0n) is 20.5. The summed E-state index contributed by atoms with van der Waals surface area (Å²) in [5.41, 5.74) is 9.45. The number of carbonyl (C=O) groups excluding carboxylic acids is 1. The minimum Gasteiger partial charge on any atom is -0.475 e. The molecule has 1 fully saturated rings. The van der Waals surface area contributed by atoms with Crippen LogP contribution in [0.1, 0.15) is 19.4 Å². The standard InChI is InChI=1S/C25H34N6O4/c1-17(2)27-16-21(15-26)29-25(33)28-20-5-4-18(3)22(14-20)19-12-23(31-6-9-34-10-7-31)30-24(13-19)35-11-8-32/h4-5,12-17,32H,6-11,26H2,1-3H3,(H2,28,29,33)/b21-15+,27-16?. The van der Waals surface area contributed by atoms with Gasteiger partial charge in [0.15, 0.2) is 0 Å². The molecule has 5 N–H and O–H groups in total. The number of amides is 2. The van der Waals surface area contributed by atoms with Crippen molar-refractivity contribution < 1.29 is 19.4 Å². The summed E-state index contributed by atoms with van der Waals surface area (Å²) in [7, 11) is 0. The predicted octanol–water partition coefficient (Wildman–Crippen LogP) is 2.67. The van der Waals surface area contributed by atoms with E-state index in [2.05, 4.69) is 25.5 Å². The van der Waals surface area contributed by atoms with Crippen LogP contribution in [0.3, 0.4) is 0 Å². The average molecular weight is 483 g/mol. The van der Waals surface area contributed by atoms with Gasteiger partial charge in [0, 0.05) is 43.3 Å². The second-order valence-electron chi connectivity index (χ2n) is 8.33. The van der Waals surface area contributed by atoms with E-state index in [1.807, 2.05) is 51.1 Å². The van der Waals surface area contributed by atoms with Crippen molar-refractivity contribution in [3.63, 3.8) is 0 Å². The lowest BCUT2D eigenvalue weighted by Crippen LogP contribution is -2.36. The second-order valence-corrected chi connectivity index (χ2v) is 8.33. The third-order valence-corrected chi connectivity index (χ3v) is 5.22. The lowest BCUT2D eigenvalue weighted by atomic mass is 10.0. The lowest BCUT2D eigenvalue weighted by molar-refractivity contribution is 0.122. The Morgan fingerprint density at radius 2 is 2.09 bits per heavy atom. The normalized spacial score (nSPS) is 14.4. The van der Waals surface area contributed by atoms with Crippen LogP contribution in [-0.2, 0) is 4.74 Å². The molecule has 188 valence electrons. The number of pyridine rings is 1. The molecule has 0 saturated carbocycles. The first kappa shape index (κ1) is 26.0. The van der Waals surface area contributed by atoms with Gasteiger partial charge in [-0.2, -0.15) is 4.98 Å². The maximum Gasteiger partial charge on any atom is 0.323 e. The Balaban J connectivity index is 1.85. The van der Waals surface area contributed by atoms with Crippen LogP contribution in [0.15, 0.2) is 47.2 Å². The molecule has 1 saturated heterocycles. The summed E-state index contributed by atoms with van der Waals surface area (Å²) in [4.78, 5) is 23.5. The minimum absolute atomic E-state index is 0.0865. The molecule has 10 nitrogen and oxygen atoms in total. The summed E-state index contributed by atoms with van der Waals surface area (Å²) < 4.78 is 11.1. The number of allylic oxidation sites excluding steroid dienone is 1. The van der Waals surface area contributed by atoms with Crippen LogP contribution < -0.4 is 26.0 Å². The molecule has 2 aromatic rings. The first-order valence-corrected chi connectivity index (χ1v) is 11.6. The Kier molecular flexibility index (Phi) is 9.45. The fraction of sp³-hybridized carbons (Fsp3) is 0.400. The lowest BCUT2D eigenvalue weighted by Gasteiger charge is -2.28. The summed E-state index contributed by atoms with van der Waals surface area (Å²) in [6, 6.07) is 9.17. The highest BCUT2D eigenvalue weighted by molar-refractivity contribution is 5.95. The number of carbonyl (C=O) groups is 1. The molecule has 35 heavy (non-hydrogen) atoms. The molecule has 10 heteroatoms. The number of aromatic nitrogens is 1. The van der Waals surface area contributed by atoms with E-state index in [9.17, 15) is 9.90 Å². The summed E-state index contributed by atoms with van der Waals surface area (Å²) in [6.07, 6.45) is 2.83. The fourth-order valence-corrected chi connectivity index (χ4v) is 3.48. The third-order valence-electron chi connectivity index (χ3n) is 5.22. The maximum absolute atomic E-state index is 12.5. The Bertz CT molecular complexity index is 1060. The average Bonchev–Trinajstić information content (AvgIpc) is 2.86. The zero-order valence-corrected chi connectivity index (χ0v) is 20.5. The molecule has 1 aromatic heterocycles. The largest absolute Gasteiger partial charge is 0.475 e. The van der Waals surface area contributed by atoms with Crippen molar-refractivity contribution in [2.45, 2.75) is 26.8 Å². The highest BCUT2D eigenvalue weighted by Gasteiger charge is 2.16. The van der Waals surface area contributed by atoms with Crippen LogP contribution in [0, 0.1) is 6.92 Å². The van der Waals surface area contributed by atoms with Crippen LogP contribution in [0.5, 0.6) is 5.88 Å². The monoisotopic (exact) mass is 482 g/mol. The molecule has 1 aliphatic heterocycles. The van der Waals surface area contributed by atoms with Gasteiger partial charge in [-0.05, 0) is 55.7 Å². The van der Waals surface area contributed by atoms with E-state index in [0.29, 0.717) is 30.5 Å². The van der Waals surface area contributed by atoms with Crippen molar-refractivity contribution >= 4 is 23.8 Å². The molecule has 0 unspecified atom stereocenters. The SMILES string of the molecule is Cc1ccc(NC(=O)N/C(C=NC(C)C)=C/N)cc1-c1cc(OCCO)nc(N2CCOCC2)c1. The van der Waals surface area contributed by atoms with Gasteiger partial charge in [-0.15, -0.1) is 0 Å². The molecule has 0 bridgehead atoms. The van der Waals surface area contributed by atoms with Gasteiger partial charge < -0.3 is 35.8 Å². The Labute approximate surface area is 205 Å². The number of morpholine rings is 1. The molecular formula is C25H34N6O4. The molecular weight excluding hydrogens is 448 g/mol. The van der Waals surface area contributed by atoms with Crippen molar-refractivity contribution in [2.75, 3.05) is 49.7 Å². The molecule has 2 heterocycles. The third kappa shape index (κ3) is 7.69. The van der Waals surface area contributed by atoms with Gasteiger partial charge in [0.05, 0.1) is 25.5 Å². The van der Waals surface area contributed by atoms with Gasteiger partial charge in [0.25, 0.3) is 0 Å². The molecule has 1 aromatic carbocycles. The summed E-state index contributed by atoms with van der Waals surface area (Å²) >= 11 is 0. The Hall–Kier alpha value is -3.63. The molecule has 2 amide bonds. The van der Waals surface area contributed by atoms with Crippen molar-refractivity contribution in [1.82, 2.24) is 10.3 Å². The smallest absolute Gasteiger partial charge is 0.323 e. The van der Waals surface area contributed by atoms with Crippen LogP contribution in [0.2, 0.25) is 0 Å². The highest BCUT2D eigenvalue weighted by atomic mass is 16.5. The molecule has 0 radical (unpaired) electrons. The summed E-state index contributed by atoms with van der Waals surface area (Å²) in [5.74, 6) is 1.20. The Morgan fingerprint density at radius 3 is 2.77 bits per heavy atom. The number of urea groups is 1. The van der Waals surface area contributed by atoms with E-state index in [4.69, 9.17) is 15.2 Å². The number of anilines is 2. The highest BCUT2D eigenvalue weighted by Crippen LogP contribution is 2.32. The van der Waals surface area contributed by atoms with Gasteiger partial charge in [0.1, 0.15) is 12.4 Å². The number of benzene rings is 1. The molecule has 0 aliphatic carbocycles. The number of rotatable bonds is 9. The molecule has 0 atom stereocenters. The fourth-order valence-electron chi connectivity index (χ4n) is 3.48. The van der Waals surface area contributed by atoms with Crippen LogP contribution >= 0.6 is 0 Å². The molecule has 1 aliphatic rings. The van der Waals surface area contributed by atoms with E-state index in [1.165, 1.54) is 12.4 Å². The first-order chi connectivity index (χ1) is 16.9. The van der Waals surface area contributed by atoms with Crippen molar-refractivity contribution in [1.29, 1.82) is 0 Å². The quantitative estimate of drug-likeness (QED) is 0.404. The van der Waals surface area contributed by atoms with Gasteiger partial charge >= 0.3 is 6.03 Å². The first-order valence-electron chi connectivity index (χ1n) is 11.6. The van der Waals surface area contributed by atoms with Gasteiger partial charge in [-0.3, -0.25) is 4.99 Å². The van der Waals surface area contributed by atoms with Crippen LogP contribution in [0.4, 0.5) is 16.3 Å². The number of hydrogen-bond donors (Lipinski definition) is 4. The predicted molar refractivity (Wildman–Crippen MR) is 138 cm³/mol. The number of aryl methyl sites for hydroxylation is 1. The number of aliphatic hydroxyl groups excluding tert-OH is 1. The number of ether oxygens (including phenoxy) is 2. The van der Waals surface area contributed by atoms with Gasteiger partial charge in [-0.25, -0.2) is 4.79 Å². The summed E-state index contributed by atoms with van der Waals surface area (Å²) in [6.45, 7) is 8.64. The molecule has 3 rings (SSSR count). The van der Waals surface area contributed by atoms with E-state index in [0.717, 1.165) is 35.6 Å². The van der Waals surface area contributed by atoms with Crippen LogP contribution in [0.25, 0.3) is 11.1 Å². The maximum atomic E-state index is 12.5. The zero-order chi connectivity index (χ0) is 25.2. The summed E-state index contributed by atoms with van der Waals surface area (Å²) in [5, 5.41) is 14.7. The number of nitrogens with two attached hydrogens (primary N) is 1. The number of aliphatic imine (C=N–C) groups is 1. The minimum atomic E-state index is -0.428. The van der Waals surface area contributed by atoms with E-state index in [-0.39, 0.29) is 19.3 Å². The van der Waals surface area contributed by atoms with E-state index >= 15 is 0 Å². The Morgan fingerprint density at radius 1 is 1.31 bits per heavy atom. The number of nitrogens with one attached hydrogen (secondary N) is 2. The number of nitrogens with zero attached hydrogens (tertiary/aromatic N) is 3. The van der Waals surface area contributed by atoms with Gasteiger partial charge in [0.2, 0.25) is 5.88 Å². The van der Waals surface area contributed by atoms with E-state index < -0.39 is 6.03 Å². The van der Waals surface area contributed by atoms with Crippen molar-refractivity contribution in [3.8, 4) is 17.0 Å². The molecule has 0 spiro atoms. The van der Waals surface area contributed by atoms with Crippen molar-refractivity contribution in [3.05, 3.63) is 47.8 Å².